The van der Waals surface area contributed by atoms with Gasteiger partial charge < -0.3 is 9.67 Å². The first kappa shape index (κ1) is 9.39. The molecular formula is C10H9N3O2. The van der Waals surface area contributed by atoms with Gasteiger partial charge in [-0.2, -0.15) is 0 Å². The van der Waals surface area contributed by atoms with E-state index in [-0.39, 0.29) is 5.56 Å². The second-order valence-electron chi connectivity index (χ2n) is 3.12. The summed E-state index contributed by atoms with van der Waals surface area (Å²) in [6, 6.07) is 2.99. The molecule has 5 nitrogen and oxygen atoms in total. The number of nitrogens with zero attached hydrogens (tertiary/aromatic N) is 3. The van der Waals surface area contributed by atoms with Crippen molar-refractivity contribution in [2.75, 3.05) is 0 Å². The molecule has 2 aromatic heterocycles. The summed E-state index contributed by atoms with van der Waals surface area (Å²) in [5.74, 6) is -0.958. The molecule has 0 amide bonds. The molecule has 0 bridgehead atoms. The topological polar surface area (TPSA) is 68.0 Å². The Labute approximate surface area is 86.0 Å². The van der Waals surface area contributed by atoms with Crippen LogP contribution < -0.4 is 0 Å². The van der Waals surface area contributed by atoms with Crippen LogP contribution in [0.2, 0.25) is 0 Å². The Morgan fingerprint density at radius 3 is 2.93 bits per heavy atom. The van der Waals surface area contributed by atoms with E-state index in [4.69, 9.17) is 5.11 Å². The maximum atomic E-state index is 10.8. The highest BCUT2D eigenvalue weighted by atomic mass is 16.4. The average molecular weight is 203 g/mol. The monoisotopic (exact) mass is 203 g/mol. The third kappa shape index (κ3) is 1.71. The number of hydrogen-bond acceptors (Lipinski definition) is 3. The smallest absolute Gasteiger partial charge is 0.335 e. The predicted molar refractivity (Wildman–Crippen MR) is 53.4 cm³/mol. The fourth-order valence-electron chi connectivity index (χ4n) is 1.31. The van der Waals surface area contributed by atoms with Crippen LogP contribution in [0.25, 0.3) is 11.4 Å². The summed E-state index contributed by atoms with van der Waals surface area (Å²) in [6.45, 7) is 0. The molecule has 0 saturated carbocycles. The van der Waals surface area contributed by atoms with Crippen molar-refractivity contribution in [1.82, 2.24) is 14.5 Å². The normalized spacial score (nSPS) is 10.2. The van der Waals surface area contributed by atoms with Crippen LogP contribution in [0.3, 0.4) is 0 Å². The quantitative estimate of drug-likeness (QED) is 0.795. The fraction of sp³-hybridized carbons (Fsp3) is 0.100. The van der Waals surface area contributed by atoms with E-state index in [9.17, 15) is 4.79 Å². The summed E-state index contributed by atoms with van der Waals surface area (Å²) < 4.78 is 1.79. The van der Waals surface area contributed by atoms with E-state index in [2.05, 4.69) is 9.97 Å². The minimum absolute atomic E-state index is 0.223. The van der Waals surface area contributed by atoms with Gasteiger partial charge in [0.05, 0.1) is 29.5 Å². The Bertz CT molecular complexity index is 505. The van der Waals surface area contributed by atoms with Crippen LogP contribution in [-0.4, -0.2) is 25.6 Å². The molecule has 0 fully saturated rings. The van der Waals surface area contributed by atoms with Gasteiger partial charge in [-0.05, 0) is 12.1 Å². The second kappa shape index (κ2) is 3.53. The standard InChI is InChI=1S/C10H9N3O2/c1-13-6-11-5-9(13)8-4-7(10(14)15)2-3-12-8/h2-6H,1H3,(H,14,15). The molecule has 5 heteroatoms. The van der Waals surface area contributed by atoms with E-state index in [1.807, 2.05) is 7.05 Å². The highest BCUT2D eigenvalue weighted by Gasteiger charge is 2.07. The molecule has 1 N–H and O–H groups in total. The van der Waals surface area contributed by atoms with E-state index in [0.717, 1.165) is 5.69 Å². The number of rotatable bonds is 2. The summed E-state index contributed by atoms with van der Waals surface area (Å²) >= 11 is 0. The first-order chi connectivity index (χ1) is 7.18. The van der Waals surface area contributed by atoms with Crippen LogP contribution in [0.5, 0.6) is 0 Å². The van der Waals surface area contributed by atoms with Crippen LogP contribution >= 0.6 is 0 Å². The van der Waals surface area contributed by atoms with Crippen LogP contribution in [0.1, 0.15) is 10.4 Å². The minimum Gasteiger partial charge on any atom is -0.478 e. The zero-order chi connectivity index (χ0) is 10.8. The molecule has 2 aromatic rings. The average Bonchev–Trinajstić information content (AvgIpc) is 2.64. The molecule has 0 radical (unpaired) electrons. The lowest BCUT2D eigenvalue weighted by Gasteiger charge is -2.01. The molecule has 76 valence electrons. The van der Waals surface area contributed by atoms with Crippen LogP contribution in [0.4, 0.5) is 0 Å². The molecule has 0 aliphatic carbocycles. The number of pyridine rings is 1. The van der Waals surface area contributed by atoms with Gasteiger partial charge in [0.25, 0.3) is 0 Å². The summed E-state index contributed by atoms with van der Waals surface area (Å²) in [7, 11) is 1.83. The molecule has 0 atom stereocenters. The molecule has 0 saturated heterocycles. The molecule has 0 aliphatic heterocycles. The summed E-state index contributed by atoms with van der Waals surface area (Å²) in [6.07, 6.45) is 4.77. The fourth-order valence-corrected chi connectivity index (χ4v) is 1.31. The number of imidazole rings is 1. The van der Waals surface area contributed by atoms with Crippen LogP contribution in [-0.2, 0) is 7.05 Å². The summed E-state index contributed by atoms with van der Waals surface area (Å²) in [5, 5.41) is 8.83. The molecule has 0 unspecified atom stereocenters. The Kier molecular flexibility index (Phi) is 2.21. The highest BCUT2D eigenvalue weighted by Crippen LogP contribution is 2.16. The lowest BCUT2D eigenvalue weighted by atomic mass is 10.2. The van der Waals surface area contributed by atoms with Gasteiger partial charge in [-0.1, -0.05) is 0 Å². The molecule has 2 heterocycles. The van der Waals surface area contributed by atoms with Gasteiger partial charge in [0.2, 0.25) is 0 Å². The number of aryl methyl sites for hydroxylation is 1. The molecular weight excluding hydrogens is 194 g/mol. The van der Waals surface area contributed by atoms with Gasteiger partial charge in [-0.15, -0.1) is 0 Å². The van der Waals surface area contributed by atoms with E-state index < -0.39 is 5.97 Å². The molecule has 2 rings (SSSR count). The lowest BCUT2D eigenvalue weighted by Crippen LogP contribution is -1.98. The van der Waals surface area contributed by atoms with Gasteiger partial charge in [-0.3, -0.25) is 4.98 Å². The van der Waals surface area contributed by atoms with Crippen molar-refractivity contribution in [2.24, 2.45) is 7.05 Å². The lowest BCUT2D eigenvalue weighted by molar-refractivity contribution is 0.0697. The Morgan fingerprint density at radius 2 is 2.33 bits per heavy atom. The van der Waals surface area contributed by atoms with E-state index >= 15 is 0 Å². The number of aromatic nitrogens is 3. The van der Waals surface area contributed by atoms with Crippen molar-refractivity contribution < 1.29 is 9.90 Å². The predicted octanol–water partition coefficient (Wildman–Crippen LogP) is 1.18. The maximum absolute atomic E-state index is 10.8. The van der Waals surface area contributed by atoms with Gasteiger partial charge >= 0.3 is 5.97 Å². The molecule has 0 aliphatic rings. The van der Waals surface area contributed by atoms with Crippen molar-refractivity contribution in [2.45, 2.75) is 0 Å². The first-order valence-corrected chi connectivity index (χ1v) is 4.34. The van der Waals surface area contributed by atoms with Crippen molar-refractivity contribution in [1.29, 1.82) is 0 Å². The van der Waals surface area contributed by atoms with Crippen molar-refractivity contribution in [3.63, 3.8) is 0 Å². The van der Waals surface area contributed by atoms with Crippen molar-refractivity contribution in [3.8, 4) is 11.4 Å². The Hall–Kier alpha value is -2.17. The van der Waals surface area contributed by atoms with Crippen molar-refractivity contribution in [3.05, 3.63) is 36.4 Å². The van der Waals surface area contributed by atoms with Crippen LogP contribution in [0, 0.1) is 0 Å². The van der Waals surface area contributed by atoms with Gasteiger partial charge in [0, 0.05) is 13.2 Å². The van der Waals surface area contributed by atoms with Gasteiger partial charge in [0.15, 0.2) is 0 Å². The molecule has 0 aromatic carbocycles. The zero-order valence-electron chi connectivity index (χ0n) is 8.08. The Balaban J connectivity index is 2.50. The number of hydrogen-bond donors (Lipinski definition) is 1. The second-order valence-corrected chi connectivity index (χ2v) is 3.12. The minimum atomic E-state index is -0.958. The SMILES string of the molecule is Cn1cncc1-c1cc(C(=O)O)ccn1. The van der Waals surface area contributed by atoms with Gasteiger partial charge in [-0.25, -0.2) is 9.78 Å². The van der Waals surface area contributed by atoms with Crippen molar-refractivity contribution >= 4 is 5.97 Å². The molecule has 0 spiro atoms. The first-order valence-electron chi connectivity index (χ1n) is 4.34. The summed E-state index contributed by atoms with van der Waals surface area (Å²) in [4.78, 5) is 18.8. The third-order valence-corrected chi connectivity index (χ3v) is 2.09. The number of carboxylic acid groups (broad SMARTS) is 1. The molecule has 15 heavy (non-hydrogen) atoms. The number of carbonyl (C=O) groups is 1. The van der Waals surface area contributed by atoms with E-state index in [1.165, 1.54) is 18.3 Å². The largest absolute Gasteiger partial charge is 0.478 e. The maximum Gasteiger partial charge on any atom is 0.335 e. The third-order valence-electron chi connectivity index (χ3n) is 2.09. The zero-order valence-corrected chi connectivity index (χ0v) is 8.08. The Morgan fingerprint density at radius 1 is 1.53 bits per heavy atom. The summed E-state index contributed by atoms with van der Waals surface area (Å²) in [5.41, 5.74) is 1.62. The number of carboxylic acids is 1. The highest BCUT2D eigenvalue weighted by molar-refractivity contribution is 5.88. The number of aromatic carboxylic acids is 1. The van der Waals surface area contributed by atoms with Crippen LogP contribution in [0.15, 0.2) is 30.9 Å². The van der Waals surface area contributed by atoms with E-state index in [0.29, 0.717) is 5.69 Å². The van der Waals surface area contributed by atoms with E-state index in [1.54, 1.807) is 17.1 Å². The van der Waals surface area contributed by atoms with Gasteiger partial charge in [0.1, 0.15) is 0 Å².